The van der Waals surface area contributed by atoms with Crippen LogP contribution in [-0.4, -0.2) is 10.8 Å². The van der Waals surface area contributed by atoms with E-state index in [0.29, 0.717) is 11.1 Å². The fourth-order valence-corrected chi connectivity index (χ4v) is 4.96. The molecule has 0 aliphatic carbocycles. The SMILES string of the molecule is O=C1c2cc([N+](=O)[O-])ccc2[C@H]2OC(c3ccccc3)(c3ccccc3)c3ccccc3N12. The molecule has 2 heterocycles. The second kappa shape index (κ2) is 7.12. The Morgan fingerprint density at radius 1 is 0.818 bits per heavy atom. The van der Waals surface area contributed by atoms with Crippen LogP contribution in [0.3, 0.4) is 0 Å². The van der Waals surface area contributed by atoms with Crippen molar-refractivity contribution in [3.8, 4) is 0 Å². The number of amides is 1. The van der Waals surface area contributed by atoms with Crippen molar-refractivity contribution in [3.63, 3.8) is 0 Å². The molecule has 0 spiro atoms. The lowest BCUT2D eigenvalue weighted by Crippen LogP contribution is -2.45. The summed E-state index contributed by atoms with van der Waals surface area (Å²) in [5.74, 6) is -0.305. The molecule has 6 heteroatoms. The van der Waals surface area contributed by atoms with E-state index in [0.717, 1.165) is 22.4 Å². The summed E-state index contributed by atoms with van der Waals surface area (Å²) in [6.07, 6.45) is -0.719. The second-order valence-corrected chi connectivity index (χ2v) is 8.10. The number of nitrogens with zero attached hydrogens (tertiary/aromatic N) is 2. The van der Waals surface area contributed by atoms with Crippen molar-refractivity contribution in [2.75, 3.05) is 4.90 Å². The number of hydrogen-bond acceptors (Lipinski definition) is 4. The number of anilines is 1. The van der Waals surface area contributed by atoms with Gasteiger partial charge in [0.15, 0.2) is 6.23 Å². The molecule has 6 nitrogen and oxygen atoms in total. The van der Waals surface area contributed by atoms with Crippen molar-refractivity contribution in [3.05, 3.63) is 141 Å². The number of non-ortho nitro benzene ring substituents is 1. The smallest absolute Gasteiger partial charge is 0.270 e. The minimum absolute atomic E-state index is 0.118. The predicted octanol–water partition coefficient (Wildman–Crippen LogP) is 5.58. The topological polar surface area (TPSA) is 72.7 Å². The molecule has 0 N–H and O–H groups in total. The van der Waals surface area contributed by atoms with E-state index in [-0.39, 0.29) is 11.6 Å². The van der Waals surface area contributed by atoms with Crippen molar-refractivity contribution < 1.29 is 14.5 Å². The molecule has 6 rings (SSSR count). The number of para-hydroxylation sites is 1. The third kappa shape index (κ3) is 2.68. The average molecular weight is 434 g/mol. The Morgan fingerprint density at radius 3 is 2.06 bits per heavy atom. The summed E-state index contributed by atoms with van der Waals surface area (Å²) in [6, 6.07) is 32.0. The third-order valence-corrected chi connectivity index (χ3v) is 6.39. The number of nitro benzene ring substituents is 1. The van der Waals surface area contributed by atoms with Crippen LogP contribution in [0, 0.1) is 10.1 Å². The number of carbonyl (C=O) groups excluding carboxylic acids is 1. The van der Waals surface area contributed by atoms with Crippen LogP contribution in [0.4, 0.5) is 11.4 Å². The molecule has 4 aromatic rings. The molecule has 1 amide bonds. The lowest BCUT2D eigenvalue weighted by Gasteiger charge is -2.46. The standard InChI is InChI=1S/C27H18N2O4/c30-25-22-17-20(29(31)32)15-16-21(22)26-28(25)24-14-8-7-13-23(24)27(33-26,18-9-3-1-4-10-18)19-11-5-2-6-12-19/h1-17,26H/t26-/m1/s1. The van der Waals surface area contributed by atoms with Crippen molar-refractivity contribution in [2.45, 2.75) is 11.8 Å². The van der Waals surface area contributed by atoms with Gasteiger partial charge < -0.3 is 4.74 Å². The first-order chi connectivity index (χ1) is 16.1. The number of carbonyl (C=O) groups is 1. The molecule has 0 radical (unpaired) electrons. The fraction of sp³-hybridized carbons (Fsp3) is 0.0741. The van der Waals surface area contributed by atoms with Crippen LogP contribution in [0.25, 0.3) is 0 Å². The highest BCUT2D eigenvalue weighted by molar-refractivity contribution is 6.12. The molecule has 0 saturated heterocycles. The van der Waals surface area contributed by atoms with Gasteiger partial charge in [0.2, 0.25) is 0 Å². The van der Waals surface area contributed by atoms with Gasteiger partial charge in [-0.05, 0) is 23.3 Å². The highest BCUT2D eigenvalue weighted by Gasteiger charge is 2.52. The maximum atomic E-state index is 13.5. The molecule has 1 atom stereocenters. The van der Waals surface area contributed by atoms with Crippen molar-refractivity contribution in [1.82, 2.24) is 0 Å². The van der Waals surface area contributed by atoms with Crippen LogP contribution < -0.4 is 4.90 Å². The van der Waals surface area contributed by atoms with Gasteiger partial charge in [-0.2, -0.15) is 0 Å². The zero-order valence-electron chi connectivity index (χ0n) is 17.4. The van der Waals surface area contributed by atoms with Gasteiger partial charge in [-0.3, -0.25) is 19.8 Å². The van der Waals surface area contributed by atoms with E-state index in [1.807, 2.05) is 84.9 Å². The van der Waals surface area contributed by atoms with Gasteiger partial charge in [0.1, 0.15) is 5.60 Å². The Balaban J connectivity index is 1.66. The zero-order valence-corrected chi connectivity index (χ0v) is 17.4. The van der Waals surface area contributed by atoms with Gasteiger partial charge in [0.25, 0.3) is 11.6 Å². The number of hydrogen-bond donors (Lipinski definition) is 0. The summed E-state index contributed by atoms with van der Waals surface area (Å²) in [7, 11) is 0. The molecule has 0 fully saturated rings. The number of fused-ring (bicyclic) bond motifs is 5. The maximum Gasteiger partial charge on any atom is 0.270 e. The van der Waals surface area contributed by atoms with E-state index >= 15 is 0 Å². The summed E-state index contributed by atoms with van der Waals surface area (Å²) >= 11 is 0. The molecule has 0 saturated carbocycles. The van der Waals surface area contributed by atoms with Crippen LogP contribution in [-0.2, 0) is 10.3 Å². The van der Waals surface area contributed by atoms with E-state index in [1.54, 1.807) is 11.0 Å². The monoisotopic (exact) mass is 434 g/mol. The van der Waals surface area contributed by atoms with Crippen LogP contribution in [0.5, 0.6) is 0 Å². The Bertz CT molecular complexity index is 1360. The van der Waals surface area contributed by atoms with Gasteiger partial charge in [0.05, 0.1) is 16.2 Å². The number of benzene rings is 4. The Hall–Kier alpha value is -4.29. The predicted molar refractivity (Wildman–Crippen MR) is 123 cm³/mol. The molecular formula is C27H18N2O4. The molecule has 2 aliphatic rings. The quantitative estimate of drug-likeness (QED) is 0.312. The Morgan fingerprint density at radius 2 is 1.42 bits per heavy atom. The summed E-state index contributed by atoms with van der Waals surface area (Å²) in [5.41, 5.74) is 3.27. The van der Waals surface area contributed by atoms with Gasteiger partial charge in [-0.15, -0.1) is 0 Å². The van der Waals surface area contributed by atoms with Gasteiger partial charge in [-0.1, -0.05) is 78.9 Å². The third-order valence-electron chi connectivity index (χ3n) is 6.39. The van der Waals surface area contributed by atoms with E-state index in [9.17, 15) is 14.9 Å². The molecule has 2 aliphatic heterocycles. The Labute approximate surface area is 189 Å². The highest BCUT2D eigenvalue weighted by atomic mass is 16.6. The number of nitro groups is 1. The molecule has 160 valence electrons. The van der Waals surface area contributed by atoms with Crippen LogP contribution >= 0.6 is 0 Å². The first-order valence-corrected chi connectivity index (χ1v) is 10.6. The van der Waals surface area contributed by atoms with E-state index in [1.165, 1.54) is 12.1 Å². The number of rotatable bonds is 3. The van der Waals surface area contributed by atoms with Crippen molar-refractivity contribution in [1.29, 1.82) is 0 Å². The minimum Gasteiger partial charge on any atom is -0.333 e. The summed E-state index contributed by atoms with van der Waals surface area (Å²) in [5, 5.41) is 11.3. The molecule has 0 bridgehead atoms. The van der Waals surface area contributed by atoms with Gasteiger partial charge in [-0.25, -0.2) is 0 Å². The summed E-state index contributed by atoms with van der Waals surface area (Å²) in [6.45, 7) is 0. The lowest BCUT2D eigenvalue weighted by atomic mass is 9.78. The van der Waals surface area contributed by atoms with E-state index < -0.39 is 16.8 Å². The molecule has 4 aromatic carbocycles. The molecule has 0 aromatic heterocycles. The first-order valence-electron chi connectivity index (χ1n) is 10.6. The van der Waals surface area contributed by atoms with E-state index in [4.69, 9.17) is 4.74 Å². The summed E-state index contributed by atoms with van der Waals surface area (Å²) in [4.78, 5) is 25.9. The largest absolute Gasteiger partial charge is 0.333 e. The summed E-state index contributed by atoms with van der Waals surface area (Å²) < 4.78 is 6.93. The lowest BCUT2D eigenvalue weighted by molar-refractivity contribution is -0.384. The van der Waals surface area contributed by atoms with E-state index in [2.05, 4.69) is 0 Å². The second-order valence-electron chi connectivity index (χ2n) is 8.10. The maximum absolute atomic E-state index is 13.5. The average Bonchev–Trinajstić information content (AvgIpc) is 3.15. The normalized spacial score (nSPS) is 17.8. The van der Waals surface area contributed by atoms with Crippen LogP contribution in [0.1, 0.15) is 38.8 Å². The molecular weight excluding hydrogens is 416 g/mol. The highest BCUT2D eigenvalue weighted by Crippen LogP contribution is 2.55. The van der Waals surface area contributed by atoms with Gasteiger partial charge >= 0.3 is 0 Å². The minimum atomic E-state index is -0.968. The fourth-order valence-electron chi connectivity index (χ4n) is 4.96. The van der Waals surface area contributed by atoms with Crippen LogP contribution in [0.15, 0.2) is 103 Å². The van der Waals surface area contributed by atoms with Gasteiger partial charge in [0, 0.05) is 23.3 Å². The molecule has 33 heavy (non-hydrogen) atoms. The van der Waals surface area contributed by atoms with Crippen molar-refractivity contribution in [2.24, 2.45) is 0 Å². The Kier molecular flexibility index (Phi) is 4.18. The number of ether oxygens (including phenoxy) is 1. The molecule has 0 unspecified atom stereocenters. The van der Waals surface area contributed by atoms with Crippen LogP contribution in [0.2, 0.25) is 0 Å². The zero-order chi connectivity index (χ0) is 22.6. The van der Waals surface area contributed by atoms with Crippen molar-refractivity contribution >= 4 is 17.3 Å². The first kappa shape index (κ1) is 19.4.